The van der Waals surface area contributed by atoms with Crippen LogP contribution in [0, 0.1) is 5.82 Å². The van der Waals surface area contributed by atoms with Crippen molar-refractivity contribution >= 4 is 11.4 Å². The molecule has 0 fully saturated rings. The molecule has 0 saturated carbocycles. The van der Waals surface area contributed by atoms with E-state index in [1.807, 2.05) is 6.07 Å². The summed E-state index contributed by atoms with van der Waals surface area (Å²) in [5.41, 5.74) is 8.31. The van der Waals surface area contributed by atoms with Crippen molar-refractivity contribution in [1.82, 2.24) is 4.90 Å². The summed E-state index contributed by atoms with van der Waals surface area (Å²) in [6.07, 6.45) is 1.00. The second kappa shape index (κ2) is 7.64. The number of hydrogen-bond acceptors (Lipinski definition) is 3. The summed E-state index contributed by atoms with van der Waals surface area (Å²) in [5, 5.41) is 3.24. The number of rotatable bonds is 7. The molecule has 0 spiro atoms. The van der Waals surface area contributed by atoms with Gasteiger partial charge < -0.3 is 16.0 Å². The largest absolute Gasteiger partial charge is 0.397 e. The van der Waals surface area contributed by atoms with Gasteiger partial charge in [0.1, 0.15) is 5.82 Å². The lowest BCUT2D eigenvalue weighted by Crippen LogP contribution is -2.21. The number of benzene rings is 2. The number of nitrogens with one attached hydrogen (secondary N) is 1. The zero-order chi connectivity index (χ0) is 15.1. The summed E-state index contributed by atoms with van der Waals surface area (Å²) in [5.74, 6) is -0.305. The predicted octanol–water partition coefficient (Wildman–Crippen LogP) is 3.34. The van der Waals surface area contributed by atoms with Gasteiger partial charge in [-0.1, -0.05) is 30.3 Å². The molecule has 0 aliphatic rings. The Kier molecular flexibility index (Phi) is 5.58. The van der Waals surface area contributed by atoms with Gasteiger partial charge in [0.25, 0.3) is 0 Å². The minimum Gasteiger partial charge on any atom is -0.397 e. The van der Waals surface area contributed by atoms with Crippen LogP contribution in [0.25, 0.3) is 0 Å². The molecule has 0 saturated heterocycles. The fourth-order valence-corrected chi connectivity index (χ4v) is 2.24. The molecule has 0 bridgehead atoms. The highest BCUT2D eigenvalue weighted by molar-refractivity contribution is 5.65. The van der Waals surface area contributed by atoms with Crippen molar-refractivity contribution in [2.45, 2.75) is 13.0 Å². The van der Waals surface area contributed by atoms with Crippen LogP contribution < -0.4 is 11.1 Å². The van der Waals surface area contributed by atoms with Gasteiger partial charge in [0.15, 0.2) is 0 Å². The van der Waals surface area contributed by atoms with E-state index in [-0.39, 0.29) is 5.82 Å². The molecule has 0 unspecified atom stereocenters. The van der Waals surface area contributed by atoms with Crippen LogP contribution in [0.3, 0.4) is 0 Å². The highest BCUT2D eigenvalue weighted by atomic mass is 19.1. The first-order valence-corrected chi connectivity index (χ1v) is 7.16. The van der Waals surface area contributed by atoms with Gasteiger partial charge in [0, 0.05) is 13.1 Å². The lowest BCUT2D eigenvalue weighted by Gasteiger charge is -2.17. The first-order valence-electron chi connectivity index (χ1n) is 7.16. The minimum absolute atomic E-state index is 0.305. The van der Waals surface area contributed by atoms with Crippen LogP contribution in [0.15, 0.2) is 48.5 Å². The lowest BCUT2D eigenvalue weighted by molar-refractivity contribution is 0.325. The third-order valence-electron chi connectivity index (χ3n) is 3.34. The molecule has 21 heavy (non-hydrogen) atoms. The molecule has 0 amide bonds. The zero-order valence-electron chi connectivity index (χ0n) is 12.3. The van der Waals surface area contributed by atoms with Crippen molar-refractivity contribution in [2.24, 2.45) is 0 Å². The van der Waals surface area contributed by atoms with Gasteiger partial charge in [-0.05, 0) is 43.8 Å². The Bertz CT molecular complexity index is 557. The average molecular weight is 287 g/mol. The molecule has 0 aliphatic heterocycles. The highest BCUT2D eigenvalue weighted by Gasteiger charge is 2.02. The molecular weight excluding hydrogens is 265 g/mol. The molecule has 3 N–H and O–H groups in total. The number of anilines is 2. The molecule has 0 radical (unpaired) electrons. The number of nitrogen functional groups attached to an aromatic ring is 1. The van der Waals surface area contributed by atoms with Crippen LogP contribution in [0.5, 0.6) is 0 Å². The van der Waals surface area contributed by atoms with Crippen molar-refractivity contribution in [3.63, 3.8) is 0 Å². The average Bonchev–Trinajstić information content (AvgIpc) is 2.46. The van der Waals surface area contributed by atoms with Crippen LogP contribution in [0.1, 0.15) is 12.0 Å². The third-order valence-corrected chi connectivity index (χ3v) is 3.34. The number of hydrogen-bond donors (Lipinski definition) is 2. The Hall–Kier alpha value is -2.07. The van der Waals surface area contributed by atoms with E-state index in [1.54, 1.807) is 6.07 Å². The van der Waals surface area contributed by atoms with E-state index in [4.69, 9.17) is 5.73 Å². The second-order valence-corrected chi connectivity index (χ2v) is 5.24. The summed E-state index contributed by atoms with van der Waals surface area (Å²) in [7, 11) is 2.11. The fourth-order valence-electron chi connectivity index (χ4n) is 2.24. The van der Waals surface area contributed by atoms with E-state index >= 15 is 0 Å². The maximum absolute atomic E-state index is 12.9. The van der Waals surface area contributed by atoms with Gasteiger partial charge in [-0.25, -0.2) is 4.39 Å². The van der Waals surface area contributed by atoms with Gasteiger partial charge in [0.05, 0.1) is 11.4 Å². The summed E-state index contributed by atoms with van der Waals surface area (Å²) in [6, 6.07) is 14.8. The molecular formula is C17H22FN3. The van der Waals surface area contributed by atoms with Crippen molar-refractivity contribution in [2.75, 3.05) is 31.2 Å². The topological polar surface area (TPSA) is 41.3 Å². The Morgan fingerprint density at radius 2 is 1.90 bits per heavy atom. The van der Waals surface area contributed by atoms with E-state index < -0.39 is 0 Å². The molecule has 3 nitrogen and oxygen atoms in total. The van der Waals surface area contributed by atoms with Crippen molar-refractivity contribution in [1.29, 1.82) is 0 Å². The predicted molar refractivity (Wildman–Crippen MR) is 86.7 cm³/mol. The van der Waals surface area contributed by atoms with E-state index in [0.717, 1.165) is 31.7 Å². The second-order valence-electron chi connectivity index (χ2n) is 5.24. The van der Waals surface area contributed by atoms with Crippen LogP contribution >= 0.6 is 0 Å². The molecule has 0 atom stereocenters. The Morgan fingerprint density at radius 1 is 1.14 bits per heavy atom. The smallest absolute Gasteiger partial charge is 0.125 e. The SMILES string of the molecule is CN(CCCNc1ccc(F)cc1N)Cc1ccccc1. The summed E-state index contributed by atoms with van der Waals surface area (Å²) < 4.78 is 12.9. The zero-order valence-corrected chi connectivity index (χ0v) is 12.3. The van der Waals surface area contributed by atoms with Crippen LogP contribution in [-0.2, 0) is 6.54 Å². The summed E-state index contributed by atoms with van der Waals surface area (Å²) >= 11 is 0. The Balaban J connectivity index is 1.69. The lowest BCUT2D eigenvalue weighted by atomic mass is 10.2. The minimum atomic E-state index is -0.305. The van der Waals surface area contributed by atoms with Gasteiger partial charge in [0.2, 0.25) is 0 Å². The monoisotopic (exact) mass is 287 g/mol. The molecule has 112 valence electrons. The van der Waals surface area contributed by atoms with E-state index in [0.29, 0.717) is 5.69 Å². The van der Waals surface area contributed by atoms with Crippen molar-refractivity contribution in [3.8, 4) is 0 Å². The third kappa shape index (κ3) is 5.08. The quantitative estimate of drug-likeness (QED) is 0.606. The first kappa shape index (κ1) is 15.3. The summed E-state index contributed by atoms with van der Waals surface area (Å²) in [4.78, 5) is 2.28. The number of halogens is 1. The van der Waals surface area contributed by atoms with Gasteiger partial charge >= 0.3 is 0 Å². The first-order chi connectivity index (χ1) is 10.1. The molecule has 0 heterocycles. The van der Waals surface area contributed by atoms with E-state index in [9.17, 15) is 4.39 Å². The molecule has 2 rings (SSSR count). The standard InChI is InChI=1S/C17H22FN3/c1-21(13-14-6-3-2-4-7-14)11-5-10-20-17-9-8-15(18)12-16(17)19/h2-4,6-9,12,20H,5,10-11,13,19H2,1H3. The maximum Gasteiger partial charge on any atom is 0.125 e. The maximum atomic E-state index is 12.9. The van der Waals surface area contributed by atoms with Gasteiger partial charge in [-0.2, -0.15) is 0 Å². The fraction of sp³-hybridized carbons (Fsp3) is 0.294. The number of nitrogens with two attached hydrogens (primary N) is 1. The van der Waals surface area contributed by atoms with Crippen molar-refractivity contribution < 1.29 is 4.39 Å². The van der Waals surface area contributed by atoms with E-state index in [1.165, 1.54) is 17.7 Å². The number of nitrogens with zero attached hydrogens (tertiary/aromatic N) is 1. The molecule has 2 aromatic carbocycles. The normalized spacial score (nSPS) is 10.8. The molecule has 4 heteroatoms. The van der Waals surface area contributed by atoms with Crippen molar-refractivity contribution in [3.05, 3.63) is 59.9 Å². The molecule has 2 aromatic rings. The van der Waals surface area contributed by atoms with Gasteiger partial charge in [-0.15, -0.1) is 0 Å². The highest BCUT2D eigenvalue weighted by Crippen LogP contribution is 2.18. The van der Waals surface area contributed by atoms with E-state index in [2.05, 4.69) is 41.5 Å². The Morgan fingerprint density at radius 3 is 2.62 bits per heavy atom. The van der Waals surface area contributed by atoms with Crippen LogP contribution in [0.2, 0.25) is 0 Å². The van der Waals surface area contributed by atoms with Crippen LogP contribution in [-0.4, -0.2) is 25.0 Å². The Labute approximate surface area is 125 Å². The van der Waals surface area contributed by atoms with Gasteiger partial charge in [-0.3, -0.25) is 0 Å². The molecule has 0 aromatic heterocycles. The van der Waals surface area contributed by atoms with Crippen LogP contribution in [0.4, 0.5) is 15.8 Å². The summed E-state index contributed by atoms with van der Waals surface area (Å²) in [6.45, 7) is 2.75. The molecule has 0 aliphatic carbocycles.